The summed E-state index contributed by atoms with van der Waals surface area (Å²) in [6.45, 7) is 0. The molecular formula is C5H10NiO3S. The van der Waals surface area contributed by atoms with Crippen LogP contribution in [0.15, 0.2) is 0 Å². The molecule has 0 bridgehead atoms. The number of hydrogen-bond donors (Lipinski definition) is 2. The Morgan fingerprint density at radius 2 is 2.20 bits per heavy atom. The Hall–Kier alpha value is 0.274. The Bertz CT molecular complexity index is 98.9. The van der Waals surface area contributed by atoms with Gasteiger partial charge in [-0.05, 0) is 18.4 Å². The van der Waals surface area contributed by atoms with E-state index in [1.807, 2.05) is 6.26 Å². The maximum Gasteiger partial charge on any atom is 0.332 e. The third-order valence-corrected chi connectivity index (χ3v) is 1.52. The van der Waals surface area contributed by atoms with Crippen molar-refractivity contribution in [2.24, 2.45) is 0 Å². The monoisotopic (exact) mass is 208 g/mol. The fourth-order valence-corrected chi connectivity index (χ4v) is 0.812. The average molecular weight is 209 g/mol. The van der Waals surface area contributed by atoms with Crippen molar-refractivity contribution in [3.05, 3.63) is 0 Å². The molecule has 0 fully saturated rings. The van der Waals surface area contributed by atoms with Crippen LogP contribution >= 0.6 is 11.8 Å². The van der Waals surface area contributed by atoms with Crippen LogP contribution in [0.3, 0.4) is 0 Å². The van der Waals surface area contributed by atoms with Gasteiger partial charge in [0, 0.05) is 16.5 Å². The third kappa shape index (κ3) is 6.39. The van der Waals surface area contributed by atoms with Crippen molar-refractivity contribution >= 4 is 17.7 Å². The van der Waals surface area contributed by atoms with E-state index in [0.29, 0.717) is 12.2 Å². The summed E-state index contributed by atoms with van der Waals surface area (Å²) in [5.74, 6) is -0.447. The second kappa shape index (κ2) is 7.38. The number of thioether (sulfide) groups is 1. The van der Waals surface area contributed by atoms with E-state index in [4.69, 9.17) is 10.2 Å². The van der Waals surface area contributed by atoms with Crippen molar-refractivity contribution in [3.63, 3.8) is 0 Å². The molecule has 1 atom stereocenters. The largest absolute Gasteiger partial charge is 0.479 e. The maximum absolute atomic E-state index is 9.95. The molecule has 0 aromatic rings. The van der Waals surface area contributed by atoms with Crippen LogP contribution in [0, 0.1) is 0 Å². The topological polar surface area (TPSA) is 57.5 Å². The first-order chi connectivity index (χ1) is 4.18. The SMILES string of the molecule is CSCC[C@H](O)C(=O)O.[Ni]. The van der Waals surface area contributed by atoms with Gasteiger partial charge < -0.3 is 10.2 Å². The number of aliphatic carboxylic acids is 1. The fourth-order valence-electron chi connectivity index (χ4n) is 0.353. The number of aliphatic hydroxyl groups is 1. The smallest absolute Gasteiger partial charge is 0.332 e. The molecule has 0 spiro atoms. The summed E-state index contributed by atoms with van der Waals surface area (Å²) in [5, 5.41) is 16.8. The van der Waals surface area contributed by atoms with Crippen LogP contribution in [0.1, 0.15) is 6.42 Å². The van der Waals surface area contributed by atoms with Gasteiger partial charge in [0.25, 0.3) is 0 Å². The molecule has 0 rings (SSSR count). The molecule has 0 aromatic carbocycles. The van der Waals surface area contributed by atoms with Crippen LogP contribution in [0.25, 0.3) is 0 Å². The summed E-state index contributed by atoms with van der Waals surface area (Å²) in [6.07, 6.45) is 1.02. The molecule has 2 N–H and O–H groups in total. The van der Waals surface area contributed by atoms with Gasteiger partial charge >= 0.3 is 5.97 Å². The maximum atomic E-state index is 9.95. The summed E-state index contributed by atoms with van der Waals surface area (Å²) in [6, 6.07) is 0. The minimum atomic E-state index is -1.18. The van der Waals surface area contributed by atoms with Gasteiger partial charge in [0.1, 0.15) is 0 Å². The molecule has 10 heavy (non-hydrogen) atoms. The molecule has 0 saturated heterocycles. The minimum Gasteiger partial charge on any atom is -0.479 e. The average Bonchev–Trinajstić information content (AvgIpc) is 1.82. The van der Waals surface area contributed by atoms with E-state index in [1.54, 1.807) is 0 Å². The van der Waals surface area contributed by atoms with Crippen molar-refractivity contribution < 1.29 is 31.5 Å². The number of carboxylic acids is 1. The summed E-state index contributed by atoms with van der Waals surface area (Å²) >= 11 is 1.52. The van der Waals surface area contributed by atoms with E-state index in [2.05, 4.69) is 0 Å². The predicted molar refractivity (Wildman–Crippen MR) is 36.6 cm³/mol. The van der Waals surface area contributed by atoms with Crippen LogP contribution in [-0.2, 0) is 21.3 Å². The fraction of sp³-hybridized carbons (Fsp3) is 0.800. The van der Waals surface area contributed by atoms with Crippen molar-refractivity contribution in [2.45, 2.75) is 12.5 Å². The molecule has 0 aliphatic heterocycles. The van der Waals surface area contributed by atoms with Crippen LogP contribution in [0.2, 0.25) is 0 Å². The molecule has 64 valence electrons. The normalized spacial score (nSPS) is 11.8. The summed E-state index contributed by atoms with van der Waals surface area (Å²) in [4.78, 5) is 9.95. The van der Waals surface area contributed by atoms with Crippen LogP contribution in [0.5, 0.6) is 0 Å². The van der Waals surface area contributed by atoms with Gasteiger partial charge in [-0.3, -0.25) is 0 Å². The summed E-state index contributed by atoms with van der Waals surface area (Å²) < 4.78 is 0. The zero-order valence-electron chi connectivity index (χ0n) is 5.52. The molecule has 0 heterocycles. The third-order valence-electron chi connectivity index (χ3n) is 0.880. The first kappa shape index (κ1) is 12.9. The van der Waals surface area contributed by atoms with Gasteiger partial charge in [-0.1, -0.05) is 0 Å². The van der Waals surface area contributed by atoms with Crippen molar-refractivity contribution in [1.29, 1.82) is 0 Å². The van der Waals surface area contributed by atoms with Gasteiger partial charge in [-0.15, -0.1) is 0 Å². The van der Waals surface area contributed by atoms with E-state index < -0.39 is 12.1 Å². The van der Waals surface area contributed by atoms with E-state index in [0.717, 1.165) is 0 Å². The van der Waals surface area contributed by atoms with Gasteiger partial charge in [0.15, 0.2) is 6.10 Å². The van der Waals surface area contributed by atoms with Crippen molar-refractivity contribution in [3.8, 4) is 0 Å². The zero-order chi connectivity index (χ0) is 7.28. The van der Waals surface area contributed by atoms with Crippen LogP contribution < -0.4 is 0 Å². The molecule has 0 unspecified atom stereocenters. The molecule has 0 aliphatic carbocycles. The Labute approximate surface area is 74.1 Å². The van der Waals surface area contributed by atoms with E-state index in [-0.39, 0.29) is 16.5 Å². The molecule has 3 nitrogen and oxygen atoms in total. The summed E-state index contributed by atoms with van der Waals surface area (Å²) in [7, 11) is 0. The first-order valence-corrected chi connectivity index (χ1v) is 3.97. The van der Waals surface area contributed by atoms with Gasteiger partial charge in [0.2, 0.25) is 0 Å². The van der Waals surface area contributed by atoms with Crippen molar-refractivity contribution in [1.82, 2.24) is 0 Å². The second-order valence-electron chi connectivity index (χ2n) is 1.64. The molecular weight excluding hydrogens is 199 g/mol. The number of carboxylic acid groups (broad SMARTS) is 1. The van der Waals surface area contributed by atoms with E-state index in [9.17, 15) is 4.79 Å². The quantitative estimate of drug-likeness (QED) is 0.648. The number of aliphatic hydroxyl groups excluding tert-OH is 1. The molecule has 0 radical (unpaired) electrons. The Morgan fingerprint density at radius 3 is 2.50 bits per heavy atom. The Morgan fingerprint density at radius 1 is 1.70 bits per heavy atom. The van der Waals surface area contributed by atoms with Crippen LogP contribution in [0.4, 0.5) is 0 Å². The van der Waals surface area contributed by atoms with E-state index >= 15 is 0 Å². The number of rotatable bonds is 4. The molecule has 5 heteroatoms. The van der Waals surface area contributed by atoms with Crippen molar-refractivity contribution in [2.75, 3.05) is 12.0 Å². The van der Waals surface area contributed by atoms with Gasteiger partial charge in [-0.25, -0.2) is 4.79 Å². The molecule has 0 saturated carbocycles. The zero-order valence-corrected chi connectivity index (χ0v) is 7.32. The Kier molecular flexibility index (Phi) is 9.53. The second-order valence-corrected chi connectivity index (χ2v) is 2.62. The molecule has 0 aliphatic rings. The molecule has 0 aromatic heterocycles. The molecule has 0 amide bonds. The number of hydrogen-bond acceptors (Lipinski definition) is 3. The number of carbonyl (C=O) groups is 1. The van der Waals surface area contributed by atoms with Gasteiger partial charge in [-0.2, -0.15) is 11.8 Å². The predicted octanol–water partition coefficient (Wildman–Crippen LogP) is 0.182. The standard InChI is InChI=1S/C5H10O3S.Ni/c1-9-3-2-4(6)5(7)8;/h4,6H,2-3H2,1H3,(H,7,8);/t4-;/m0./s1. The van der Waals surface area contributed by atoms with Gasteiger partial charge in [0.05, 0.1) is 0 Å². The first-order valence-electron chi connectivity index (χ1n) is 2.58. The summed E-state index contributed by atoms with van der Waals surface area (Å²) in [5.41, 5.74) is 0. The van der Waals surface area contributed by atoms with E-state index in [1.165, 1.54) is 11.8 Å². The van der Waals surface area contributed by atoms with Crippen LogP contribution in [-0.4, -0.2) is 34.3 Å². The Balaban J connectivity index is 0. The minimum absolute atomic E-state index is 0.